The van der Waals surface area contributed by atoms with E-state index in [2.05, 4.69) is 6.92 Å². The molecule has 0 bridgehead atoms. The van der Waals surface area contributed by atoms with E-state index in [9.17, 15) is 0 Å². The molecule has 0 amide bonds. The summed E-state index contributed by atoms with van der Waals surface area (Å²) in [5.41, 5.74) is -0.500. The van der Waals surface area contributed by atoms with E-state index in [1.54, 1.807) is 20.8 Å². The average Bonchev–Trinajstić information content (AvgIpc) is 2.13. The minimum absolute atomic E-state index is 0.500. The molecule has 1 heterocycles. The monoisotopic (exact) mass is 132 g/mol. The molecular formula is C7H16O2. The second-order valence-corrected chi connectivity index (χ2v) is 3.31. The summed E-state index contributed by atoms with van der Waals surface area (Å²) >= 11 is 0. The quantitative estimate of drug-likeness (QED) is 0.502. The van der Waals surface area contributed by atoms with Gasteiger partial charge in [0, 0.05) is 0 Å². The van der Waals surface area contributed by atoms with Gasteiger partial charge in [-0.15, -0.1) is 0 Å². The van der Waals surface area contributed by atoms with Crippen molar-refractivity contribution in [3.8, 4) is 0 Å². The van der Waals surface area contributed by atoms with Gasteiger partial charge in [-0.05, 0) is 27.7 Å². The Labute approximate surface area is 56.8 Å². The molecule has 1 rings (SSSR count). The Morgan fingerprint density at radius 3 is 1.56 bits per heavy atom. The molecule has 0 radical (unpaired) electrons. The van der Waals surface area contributed by atoms with E-state index in [0.717, 1.165) is 6.61 Å². The van der Waals surface area contributed by atoms with Crippen LogP contribution in [-0.2, 0) is 4.74 Å². The van der Waals surface area contributed by atoms with E-state index in [1.165, 1.54) is 0 Å². The smallest absolute Gasteiger partial charge is 0.0781 e. The molecule has 9 heavy (non-hydrogen) atoms. The zero-order chi connectivity index (χ0) is 7.49. The van der Waals surface area contributed by atoms with Crippen molar-refractivity contribution in [1.29, 1.82) is 0 Å². The molecule has 1 aliphatic rings. The second kappa shape index (κ2) is 3.18. The molecule has 1 aliphatic heterocycles. The summed E-state index contributed by atoms with van der Waals surface area (Å²) in [6.45, 7) is 8.27. The SMILES string of the molecule is CC(C)(C)O.CC1CO1. The van der Waals surface area contributed by atoms with Crippen molar-refractivity contribution in [2.24, 2.45) is 0 Å². The fraction of sp³-hybridized carbons (Fsp3) is 1.00. The maximum atomic E-state index is 8.52. The molecule has 0 spiro atoms. The van der Waals surface area contributed by atoms with Gasteiger partial charge in [-0.2, -0.15) is 0 Å². The second-order valence-electron chi connectivity index (χ2n) is 3.31. The highest BCUT2D eigenvalue weighted by Gasteiger charge is 2.13. The highest BCUT2D eigenvalue weighted by molar-refractivity contribution is 4.58. The Morgan fingerprint density at radius 1 is 1.44 bits per heavy atom. The molecule has 1 atom stereocenters. The summed E-state index contributed by atoms with van der Waals surface area (Å²) in [4.78, 5) is 0. The summed E-state index contributed by atoms with van der Waals surface area (Å²) < 4.78 is 4.71. The Morgan fingerprint density at radius 2 is 1.56 bits per heavy atom. The van der Waals surface area contributed by atoms with Gasteiger partial charge < -0.3 is 9.84 Å². The highest BCUT2D eigenvalue weighted by atomic mass is 16.6. The molecule has 0 aromatic carbocycles. The Hall–Kier alpha value is -0.0800. The van der Waals surface area contributed by atoms with Crippen LogP contribution in [0, 0.1) is 0 Å². The Kier molecular flexibility index (Phi) is 3.15. The van der Waals surface area contributed by atoms with Gasteiger partial charge in [-0.1, -0.05) is 0 Å². The van der Waals surface area contributed by atoms with Crippen molar-refractivity contribution in [3.05, 3.63) is 0 Å². The zero-order valence-corrected chi connectivity index (χ0v) is 6.64. The number of rotatable bonds is 0. The normalized spacial score (nSPS) is 24.3. The maximum absolute atomic E-state index is 8.52. The summed E-state index contributed by atoms with van der Waals surface area (Å²) in [7, 11) is 0. The fourth-order valence-electron chi connectivity index (χ4n) is 0.0962. The van der Waals surface area contributed by atoms with Crippen molar-refractivity contribution in [2.45, 2.75) is 39.4 Å². The molecule has 2 nitrogen and oxygen atoms in total. The number of epoxide rings is 1. The van der Waals surface area contributed by atoms with Crippen LogP contribution < -0.4 is 0 Å². The van der Waals surface area contributed by atoms with Gasteiger partial charge >= 0.3 is 0 Å². The summed E-state index contributed by atoms with van der Waals surface area (Å²) in [5, 5.41) is 8.52. The number of aliphatic hydroxyl groups is 1. The lowest BCUT2D eigenvalue weighted by Gasteiger charge is -2.04. The van der Waals surface area contributed by atoms with Crippen LogP contribution in [0.25, 0.3) is 0 Å². The Bertz CT molecular complexity index is 63.5. The van der Waals surface area contributed by atoms with Crippen LogP contribution in [0.15, 0.2) is 0 Å². The first-order valence-corrected chi connectivity index (χ1v) is 3.23. The first kappa shape index (κ1) is 8.92. The molecule has 0 saturated carbocycles. The van der Waals surface area contributed by atoms with Crippen LogP contribution in [0.5, 0.6) is 0 Å². The van der Waals surface area contributed by atoms with E-state index in [0.29, 0.717) is 6.10 Å². The van der Waals surface area contributed by atoms with Gasteiger partial charge in [0.1, 0.15) is 0 Å². The van der Waals surface area contributed by atoms with E-state index in [1.807, 2.05) is 0 Å². The molecule has 1 fully saturated rings. The molecule has 1 unspecified atom stereocenters. The molecule has 0 aromatic heterocycles. The zero-order valence-electron chi connectivity index (χ0n) is 6.64. The minimum Gasteiger partial charge on any atom is -0.391 e. The van der Waals surface area contributed by atoms with Crippen molar-refractivity contribution < 1.29 is 9.84 Å². The summed E-state index contributed by atoms with van der Waals surface area (Å²) in [6.07, 6.45) is 0.583. The summed E-state index contributed by atoms with van der Waals surface area (Å²) in [6, 6.07) is 0. The third-order valence-electron chi connectivity index (χ3n) is 0.500. The predicted molar refractivity (Wildman–Crippen MR) is 37.4 cm³/mol. The molecule has 0 aromatic rings. The van der Waals surface area contributed by atoms with Gasteiger partial charge in [0.15, 0.2) is 0 Å². The van der Waals surface area contributed by atoms with Gasteiger partial charge in [0.2, 0.25) is 0 Å². The van der Waals surface area contributed by atoms with E-state index in [-0.39, 0.29) is 0 Å². The van der Waals surface area contributed by atoms with Crippen molar-refractivity contribution in [1.82, 2.24) is 0 Å². The van der Waals surface area contributed by atoms with Crippen molar-refractivity contribution >= 4 is 0 Å². The lowest BCUT2D eigenvalue weighted by molar-refractivity contribution is 0.102. The molecule has 0 aliphatic carbocycles. The molecule has 1 saturated heterocycles. The van der Waals surface area contributed by atoms with Gasteiger partial charge in [-0.25, -0.2) is 0 Å². The molecule has 1 N–H and O–H groups in total. The minimum atomic E-state index is -0.500. The highest BCUT2D eigenvalue weighted by Crippen LogP contribution is 2.04. The summed E-state index contributed by atoms with van der Waals surface area (Å²) in [5.74, 6) is 0. The first-order valence-electron chi connectivity index (χ1n) is 3.23. The van der Waals surface area contributed by atoms with Crippen LogP contribution in [-0.4, -0.2) is 23.4 Å². The Balaban J connectivity index is 0.000000144. The van der Waals surface area contributed by atoms with Crippen LogP contribution in [0.3, 0.4) is 0 Å². The van der Waals surface area contributed by atoms with E-state index < -0.39 is 5.60 Å². The largest absolute Gasteiger partial charge is 0.391 e. The van der Waals surface area contributed by atoms with Gasteiger partial charge in [-0.3, -0.25) is 0 Å². The lowest BCUT2D eigenvalue weighted by atomic mass is 10.2. The standard InChI is InChI=1S/C4H10O.C3H6O/c1-4(2,3)5;1-3-2-4-3/h5H,1-3H3;3H,2H2,1H3. The van der Waals surface area contributed by atoms with Gasteiger partial charge in [0.25, 0.3) is 0 Å². The van der Waals surface area contributed by atoms with Crippen LogP contribution in [0.1, 0.15) is 27.7 Å². The third-order valence-corrected chi connectivity index (χ3v) is 0.500. The third kappa shape index (κ3) is 32.6. The fourth-order valence-corrected chi connectivity index (χ4v) is 0.0962. The number of hydrogen-bond acceptors (Lipinski definition) is 2. The molecule has 2 heteroatoms. The predicted octanol–water partition coefficient (Wildman–Crippen LogP) is 1.18. The first-order chi connectivity index (χ1) is 3.89. The van der Waals surface area contributed by atoms with Crippen molar-refractivity contribution in [3.63, 3.8) is 0 Å². The molecule has 56 valence electrons. The maximum Gasteiger partial charge on any atom is 0.0781 e. The van der Waals surface area contributed by atoms with Crippen molar-refractivity contribution in [2.75, 3.05) is 6.61 Å². The lowest BCUT2D eigenvalue weighted by Crippen LogP contribution is -2.10. The topological polar surface area (TPSA) is 32.8 Å². The van der Waals surface area contributed by atoms with E-state index in [4.69, 9.17) is 9.84 Å². The number of ether oxygens (including phenoxy) is 1. The van der Waals surface area contributed by atoms with Crippen LogP contribution >= 0.6 is 0 Å². The van der Waals surface area contributed by atoms with Crippen LogP contribution in [0.2, 0.25) is 0 Å². The van der Waals surface area contributed by atoms with E-state index >= 15 is 0 Å². The number of hydrogen-bond donors (Lipinski definition) is 1. The average molecular weight is 132 g/mol. The molecular weight excluding hydrogens is 116 g/mol. The van der Waals surface area contributed by atoms with Crippen LogP contribution in [0.4, 0.5) is 0 Å². The van der Waals surface area contributed by atoms with Gasteiger partial charge in [0.05, 0.1) is 18.3 Å².